The molecule has 0 saturated carbocycles. The largest absolute Gasteiger partial charge is 0.324 e. The lowest BCUT2D eigenvalue weighted by Crippen LogP contribution is -2.32. The Hall–Kier alpha value is -1.47. The summed E-state index contributed by atoms with van der Waals surface area (Å²) in [5, 5.41) is 6.24. The summed E-state index contributed by atoms with van der Waals surface area (Å²) in [6, 6.07) is 3.73. The van der Waals surface area contributed by atoms with Gasteiger partial charge in [0.05, 0.1) is 17.8 Å². The van der Waals surface area contributed by atoms with Gasteiger partial charge in [-0.1, -0.05) is 0 Å². The molecule has 7 heteroatoms. The first kappa shape index (κ1) is 13.5. The minimum Gasteiger partial charge on any atom is -0.324 e. The number of rotatable bonds is 3. The highest BCUT2D eigenvalue weighted by Gasteiger charge is 2.42. The molecule has 2 fully saturated rings. The Bertz CT molecular complexity index is 627. The predicted molar refractivity (Wildman–Crippen MR) is 74.0 cm³/mol. The fourth-order valence-corrected chi connectivity index (χ4v) is 3.58. The van der Waals surface area contributed by atoms with Gasteiger partial charge in [0.2, 0.25) is 5.91 Å². The van der Waals surface area contributed by atoms with Crippen LogP contribution in [0.25, 0.3) is 0 Å². The van der Waals surface area contributed by atoms with Gasteiger partial charge in [-0.15, -0.1) is 0 Å². The van der Waals surface area contributed by atoms with Crippen molar-refractivity contribution in [3.8, 4) is 0 Å². The molecule has 1 amide bonds. The molecule has 2 N–H and O–H groups in total. The Balaban J connectivity index is 1.67. The minimum absolute atomic E-state index is 0.00309. The number of carbonyl (C=O) groups is 1. The monoisotopic (exact) mass is 295 g/mol. The summed E-state index contributed by atoms with van der Waals surface area (Å²) < 4.78 is 22.6. The van der Waals surface area contributed by atoms with Gasteiger partial charge in [-0.05, 0) is 31.4 Å². The molecule has 0 radical (unpaired) electrons. The number of hydrogen-bond acceptors (Lipinski definition) is 5. The molecule has 2 saturated heterocycles. The third kappa shape index (κ3) is 2.55. The molecule has 2 aliphatic heterocycles. The zero-order valence-corrected chi connectivity index (χ0v) is 12.0. The molecule has 0 aromatic carbocycles. The van der Waals surface area contributed by atoms with E-state index in [-0.39, 0.29) is 22.9 Å². The van der Waals surface area contributed by atoms with Gasteiger partial charge in [0, 0.05) is 18.3 Å². The van der Waals surface area contributed by atoms with Crippen molar-refractivity contribution in [2.24, 2.45) is 5.92 Å². The fourth-order valence-electron chi connectivity index (χ4n) is 3.02. The molecule has 1 aromatic rings. The first-order valence-corrected chi connectivity index (χ1v) is 8.55. The number of pyridine rings is 1. The highest BCUT2D eigenvalue weighted by Crippen LogP contribution is 2.33. The minimum atomic E-state index is -3.30. The maximum absolute atomic E-state index is 12.2. The summed E-state index contributed by atoms with van der Waals surface area (Å²) in [6.07, 6.45) is 5.57. The van der Waals surface area contributed by atoms with E-state index in [1.54, 1.807) is 6.07 Å². The van der Waals surface area contributed by atoms with Crippen LogP contribution >= 0.6 is 0 Å². The van der Waals surface area contributed by atoms with E-state index in [1.807, 2.05) is 0 Å². The molecule has 3 unspecified atom stereocenters. The normalized spacial score (nSPS) is 28.6. The van der Waals surface area contributed by atoms with Gasteiger partial charge < -0.3 is 10.6 Å². The molecule has 3 atom stereocenters. The topological polar surface area (TPSA) is 88.2 Å². The van der Waals surface area contributed by atoms with Crippen LogP contribution in [-0.4, -0.2) is 37.6 Å². The fraction of sp³-hybridized carbons (Fsp3) is 0.538. The van der Waals surface area contributed by atoms with Crippen LogP contribution < -0.4 is 10.6 Å². The SMILES string of the molecule is CS(=O)(=O)c1ccc(NC(=O)C2CC3CCC2N3)cn1. The van der Waals surface area contributed by atoms with Crippen molar-refractivity contribution in [1.29, 1.82) is 0 Å². The summed E-state index contributed by atoms with van der Waals surface area (Å²) >= 11 is 0. The molecule has 2 aliphatic rings. The molecule has 3 rings (SSSR count). The van der Waals surface area contributed by atoms with Crippen molar-refractivity contribution >= 4 is 21.4 Å². The summed E-state index contributed by atoms with van der Waals surface area (Å²) in [5.41, 5.74) is 0.533. The second kappa shape index (κ2) is 4.82. The molecule has 20 heavy (non-hydrogen) atoms. The van der Waals surface area contributed by atoms with Crippen LogP contribution in [0.2, 0.25) is 0 Å². The van der Waals surface area contributed by atoms with Crippen LogP contribution in [0, 0.1) is 5.92 Å². The van der Waals surface area contributed by atoms with E-state index in [0.717, 1.165) is 25.5 Å². The van der Waals surface area contributed by atoms with Crippen LogP contribution in [0.4, 0.5) is 5.69 Å². The van der Waals surface area contributed by atoms with E-state index in [4.69, 9.17) is 0 Å². The van der Waals surface area contributed by atoms with Gasteiger partial charge in [-0.2, -0.15) is 0 Å². The second-order valence-electron chi connectivity index (χ2n) is 5.54. The quantitative estimate of drug-likeness (QED) is 0.851. The summed E-state index contributed by atoms with van der Waals surface area (Å²) in [5.74, 6) is -0.0121. The zero-order chi connectivity index (χ0) is 14.3. The number of hydrogen-bond donors (Lipinski definition) is 2. The lowest BCUT2D eigenvalue weighted by atomic mass is 9.88. The van der Waals surface area contributed by atoms with Crippen LogP contribution in [0.15, 0.2) is 23.4 Å². The van der Waals surface area contributed by atoms with Crippen LogP contribution in [0.5, 0.6) is 0 Å². The van der Waals surface area contributed by atoms with Crippen molar-refractivity contribution in [1.82, 2.24) is 10.3 Å². The molecule has 6 nitrogen and oxygen atoms in total. The van der Waals surface area contributed by atoms with Crippen molar-refractivity contribution in [2.45, 2.75) is 36.4 Å². The number of carbonyl (C=O) groups excluding carboxylic acids is 1. The van der Waals surface area contributed by atoms with E-state index >= 15 is 0 Å². The summed E-state index contributed by atoms with van der Waals surface area (Å²) in [4.78, 5) is 16.0. The van der Waals surface area contributed by atoms with E-state index in [2.05, 4.69) is 15.6 Å². The number of aromatic nitrogens is 1. The first-order chi connectivity index (χ1) is 9.43. The molecule has 0 spiro atoms. The molecule has 3 heterocycles. The number of fused-ring (bicyclic) bond motifs is 2. The predicted octanol–water partition coefficient (Wildman–Crippen LogP) is 0.564. The molecule has 2 bridgehead atoms. The number of anilines is 1. The molecular weight excluding hydrogens is 278 g/mol. The second-order valence-corrected chi connectivity index (χ2v) is 7.50. The summed E-state index contributed by atoms with van der Waals surface area (Å²) in [6.45, 7) is 0. The third-order valence-corrected chi connectivity index (χ3v) is 5.02. The van der Waals surface area contributed by atoms with E-state index in [9.17, 15) is 13.2 Å². The maximum Gasteiger partial charge on any atom is 0.229 e. The average molecular weight is 295 g/mol. The van der Waals surface area contributed by atoms with Crippen molar-refractivity contribution in [3.63, 3.8) is 0 Å². The number of amides is 1. The summed E-state index contributed by atoms with van der Waals surface area (Å²) in [7, 11) is -3.30. The lowest BCUT2D eigenvalue weighted by molar-refractivity contribution is -0.120. The van der Waals surface area contributed by atoms with E-state index < -0.39 is 9.84 Å². The Morgan fingerprint density at radius 3 is 2.70 bits per heavy atom. The van der Waals surface area contributed by atoms with Crippen molar-refractivity contribution < 1.29 is 13.2 Å². The Morgan fingerprint density at radius 2 is 2.20 bits per heavy atom. The number of nitrogens with zero attached hydrogens (tertiary/aromatic N) is 1. The van der Waals surface area contributed by atoms with Crippen LogP contribution in [-0.2, 0) is 14.6 Å². The van der Waals surface area contributed by atoms with E-state index in [1.165, 1.54) is 12.3 Å². The van der Waals surface area contributed by atoms with Gasteiger partial charge in [-0.3, -0.25) is 4.79 Å². The molecule has 0 aliphatic carbocycles. The zero-order valence-electron chi connectivity index (χ0n) is 11.2. The average Bonchev–Trinajstić information content (AvgIpc) is 3.00. The Labute approximate surface area is 117 Å². The highest BCUT2D eigenvalue weighted by atomic mass is 32.2. The van der Waals surface area contributed by atoms with Crippen LogP contribution in [0.1, 0.15) is 19.3 Å². The third-order valence-electron chi connectivity index (χ3n) is 4.02. The lowest BCUT2D eigenvalue weighted by Gasteiger charge is -2.19. The molecule has 108 valence electrons. The Morgan fingerprint density at radius 1 is 1.40 bits per heavy atom. The number of nitrogens with one attached hydrogen (secondary N) is 2. The van der Waals surface area contributed by atoms with Gasteiger partial charge in [0.1, 0.15) is 0 Å². The van der Waals surface area contributed by atoms with Gasteiger partial charge in [-0.25, -0.2) is 13.4 Å². The molecular formula is C13H17N3O3S. The van der Waals surface area contributed by atoms with Crippen molar-refractivity contribution in [2.75, 3.05) is 11.6 Å². The van der Waals surface area contributed by atoms with Crippen LogP contribution in [0.3, 0.4) is 0 Å². The molecule has 1 aromatic heterocycles. The maximum atomic E-state index is 12.2. The smallest absolute Gasteiger partial charge is 0.229 e. The van der Waals surface area contributed by atoms with Gasteiger partial charge in [0.25, 0.3) is 0 Å². The number of sulfone groups is 1. The van der Waals surface area contributed by atoms with E-state index in [0.29, 0.717) is 11.7 Å². The van der Waals surface area contributed by atoms with Gasteiger partial charge >= 0.3 is 0 Å². The van der Waals surface area contributed by atoms with Crippen molar-refractivity contribution in [3.05, 3.63) is 18.3 Å². The standard InChI is InChI=1S/C13H17N3O3S/c1-20(18,19)12-5-3-9(7-14-12)16-13(17)10-6-8-2-4-11(10)15-8/h3,5,7-8,10-11,15H,2,4,6H2,1H3,(H,16,17). The highest BCUT2D eigenvalue weighted by molar-refractivity contribution is 7.90. The first-order valence-electron chi connectivity index (χ1n) is 6.66. The van der Waals surface area contributed by atoms with Gasteiger partial charge in [0.15, 0.2) is 14.9 Å². The Kier molecular flexibility index (Phi) is 3.25.